The summed E-state index contributed by atoms with van der Waals surface area (Å²) in [5.74, 6) is 0.881. The van der Waals surface area contributed by atoms with Crippen LogP contribution in [0.25, 0.3) is 0 Å². The zero-order valence-electron chi connectivity index (χ0n) is 10.7. The monoisotopic (exact) mass is 231 g/mol. The highest BCUT2D eigenvalue weighted by Crippen LogP contribution is 2.47. The van der Waals surface area contributed by atoms with E-state index in [0.717, 1.165) is 24.8 Å². The third kappa shape index (κ3) is 2.58. The van der Waals surface area contributed by atoms with Gasteiger partial charge in [-0.25, -0.2) is 0 Å². The summed E-state index contributed by atoms with van der Waals surface area (Å²) in [6.45, 7) is 4.89. The van der Waals surface area contributed by atoms with Crippen LogP contribution >= 0.6 is 0 Å². The van der Waals surface area contributed by atoms with Crippen molar-refractivity contribution in [3.63, 3.8) is 0 Å². The summed E-state index contributed by atoms with van der Waals surface area (Å²) in [6, 6.07) is 8.05. The standard InChI is InChI=1S/C15H21NO/c1-11(2)9-12-3-5-13(6-4-12)14(17)15(10-16)7-8-15/h3-6,11H,7-10,16H2,1-2H3. The zero-order chi connectivity index (χ0) is 12.5. The van der Waals surface area contributed by atoms with E-state index in [2.05, 4.69) is 26.0 Å². The fourth-order valence-electron chi connectivity index (χ4n) is 2.24. The Morgan fingerprint density at radius 2 is 1.88 bits per heavy atom. The minimum absolute atomic E-state index is 0.223. The largest absolute Gasteiger partial charge is 0.329 e. The molecular formula is C15H21NO. The molecule has 0 amide bonds. The van der Waals surface area contributed by atoms with Gasteiger partial charge >= 0.3 is 0 Å². The lowest BCUT2D eigenvalue weighted by atomic mass is 9.93. The fraction of sp³-hybridized carbons (Fsp3) is 0.533. The molecule has 0 saturated heterocycles. The van der Waals surface area contributed by atoms with Crippen LogP contribution in [0, 0.1) is 11.3 Å². The smallest absolute Gasteiger partial charge is 0.170 e. The third-order valence-electron chi connectivity index (χ3n) is 3.59. The first-order valence-electron chi connectivity index (χ1n) is 6.41. The van der Waals surface area contributed by atoms with Gasteiger partial charge in [0.2, 0.25) is 0 Å². The first-order chi connectivity index (χ1) is 8.07. The quantitative estimate of drug-likeness (QED) is 0.792. The third-order valence-corrected chi connectivity index (χ3v) is 3.59. The Morgan fingerprint density at radius 1 is 1.29 bits per heavy atom. The molecule has 92 valence electrons. The van der Waals surface area contributed by atoms with Gasteiger partial charge in [-0.2, -0.15) is 0 Å². The Bertz CT molecular complexity index is 401. The molecule has 0 bridgehead atoms. The minimum atomic E-state index is -0.223. The fourth-order valence-corrected chi connectivity index (χ4v) is 2.24. The summed E-state index contributed by atoms with van der Waals surface area (Å²) >= 11 is 0. The number of carbonyl (C=O) groups is 1. The molecule has 0 heterocycles. The van der Waals surface area contributed by atoms with Gasteiger partial charge in [0, 0.05) is 17.5 Å². The normalized spacial score (nSPS) is 17.2. The SMILES string of the molecule is CC(C)Cc1ccc(C(=O)C2(CN)CC2)cc1. The van der Waals surface area contributed by atoms with Gasteiger partial charge in [-0.05, 0) is 30.7 Å². The van der Waals surface area contributed by atoms with E-state index >= 15 is 0 Å². The number of carbonyl (C=O) groups excluding carboxylic acids is 1. The number of ketones is 1. The first-order valence-corrected chi connectivity index (χ1v) is 6.41. The molecule has 0 atom stereocenters. The number of hydrogen-bond donors (Lipinski definition) is 1. The Morgan fingerprint density at radius 3 is 2.29 bits per heavy atom. The summed E-state index contributed by atoms with van der Waals surface area (Å²) in [4.78, 5) is 12.2. The topological polar surface area (TPSA) is 43.1 Å². The molecule has 1 saturated carbocycles. The van der Waals surface area contributed by atoms with Crippen LogP contribution in [0.2, 0.25) is 0 Å². The van der Waals surface area contributed by atoms with Crippen LogP contribution in [0.5, 0.6) is 0 Å². The Balaban J connectivity index is 2.10. The highest BCUT2D eigenvalue weighted by atomic mass is 16.1. The highest BCUT2D eigenvalue weighted by molar-refractivity contribution is 6.02. The van der Waals surface area contributed by atoms with Crippen molar-refractivity contribution in [2.45, 2.75) is 33.1 Å². The summed E-state index contributed by atoms with van der Waals surface area (Å²) in [5, 5.41) is 0. The maximum atomic E-state index is 12.2. The van der Waals surface area contributed by atoms with E-state index in [1.807, 2.05) is 12.1 Å². The van der Waals surface area contributed by atoms with Crippen molar-refractivity contribution < 1.29 is 4.79 Å². The maximum absolute atomic E-state index is 12.2. The van der Waals surface area contributed by atoms with Crippen molar-refractivity contribution in [1.29, 1.82) is 0 Å². The van der Waals surface area contributed by atoms with Crippen LogP contribution in [0.4, 0.5) is 0 Å². The second-order valence-corrected chi connectivity index (χ2v) is 5.61. The molecule has 0 aliphatic heterocycles. The van der Waals surface area contributed by atoms with Gasteiger partial charge in [0.05, 0.1) is 0 Å². The predicted molar refractivity (Wildman–Crippen MR) is 70.0 cm³/mol. The van der Waals surface area contributed by atoms with E-state index in [9.17, 15) is 4.79 Å². The van der Waals surface area contributed by atoms with Crippen molar-refractivity contribution in [2.24, 2.45) is 17.1 Å². The molecule has 1 aromatic carbocycles. The van der Waals surface area contributed by atoms with Crippen LogP contribution in [0.3, 0.4) is 0 Å². The lowest BCUT2D eigenvalue weighted by Crippen LogP contribution is -2.25. The number of hydrogen-bond acceptors (Lipinski definition) is 2. The Labute approximate surface area is 103 Å². The minimum Gasteiger partial charge on any atom is -0.329 e. The average Bonchev–Trinajstić information content (AvgIpc) is 3.09. The second-order valence-electron chi connectivity index (χ2n) is 5.61. The van der Waals surface area contributed by atoms with Crippen LogP contribution < -0.4 is 5.73 Å². The highest BCUT2D eigenvalue weighted by Gasteiger charge is 2.48. The van der Waals surface area contributed by atoms with Crippen molar-refractivity contribution in [3.05, 3.63) is 35.4 Å². The molecule has 2 nitrogen and oxygen atoms in total. The van der Waals surface area contributed by atoms with Gasteiger partial charge in [-0.3, -0.25) is 4.79 Å². The molecule has 0 unspecified atom stereocenters. The molecule has 2 N–H and O–H groups in total. The summed E-state index contributed by atoms with van der Waals surface area (Å²) in [5.41, 5.74) is 7.58. The van der Waals surface area contributed by atoms with Gasteiger partial charge in [-0.1, -0.05) is 38.1 Å². The van der Waals surface area contributed by atoms with E-state index in [4.69, 9.17) is 5.73 Å². The molecule has 0 spiro atoms. The molecule has 1 aliphatic carbocycles. The van der Waals surface area contributed by atoms with Crippen molar-refractivity contribution in [3.8, 4) is 0 Å². The average molecular weight is 231 g/mol. The first kappa shape index (κ1) is 12.3. The van der Waals surface area contributed by atoms with Crippen molar-refractivity contribution >= 4 is 5.78 Å². The van der Waals surface area contributed by atoms with Crippen LogP contribution in [-0.2, 0) is 6.42 Å². The van der Waals surface area contributed by atoms with Gasteiger partial charge in [0.25, 0.3) is 0 Å². The number of benzene rings is 1. The van der Waals surface area contributed by atoms with E-state index in [1.165, 1.54) is 5.56 Å². The Kier molecular flexibility index (Phi) is 3.34. The molecule has 1 aliphatic rings. The number of nitrogens with two attached hydrogens (primary N) is 1. The lowest BCUT2D eigenvalue weighted by Gasteiger charge is -2.11. The molecule has 17 heavy (non-hydrogen) atoms. The molecule has 2 rings (SSSR count). The predicted octanol–water partition coefficient (Wildman–Crippen LogP) is 2.81. The Hall–Kier alpha value is -1.15. The van der Waals surface area contributed by atoms with Gasteiger partial charge in [0.1, 0.15) is 0 Å². The second kappa shape index (κ2) is 4.61. The van der Waals surface area contributed by atoms with E-state index < -0.39 is 0 Å². The lowest BCUT2D eigenvalue weighted by molar-refractivity contribution is 0.0905. The molecule has 2 heteroatoms. The maximum Gasteiger partial charge on any atom is 0.170 e. The molecule has 0 radical (unpaired) electrons. The zero-order valence-corrected chi connectivity index (χ0v) is 10.7. The van der Waals surface area contributed by atoms with Crippen LogP contribution in [-0.4, -0.2) is 12.3 Å². The number of rotatable bonds is 5. The molecule has 1 aromatic rings. The van der Waals surface area contributed by atoms with Crippen LogP contribution in [0.15, 0.2) is 24.3 Å². The van der Waals surface area contributed by atoms with Gasteiger partial charge < -0.3 is 5.73 Å². The molecular weight excluding hydrogens is 210 g/mol. The van der Waals surface area contributed by atoms with Crippen molar-refractivity contribution in [1.82, 2.24) is 0 Å². The summed E-state index contributed by atoms with van der Waals surface area (Å²) < 4.78 is 0. The number of Topliss-reactive ketones (excluding diaryl/α,β-unsaturated/α-hetero) is 1. The van der Waals surface area contributed by atoms with Crippen molar-refractivity contribution in [2.75, 3.05) is 6.54 Å². The van der Waals surface area contributed by atoms with E-state index in [1.54, 1.807) is 0 Å². The molecule has 1 fully saturated rings. The van der Waals surface area contributed by atoms with E-state index in [-0.39, 0.29) is 11.2 Å². The molecule has 0 aromatic heterocycles. The van der Waals surface area contributed by atoms with E-state index in [0.29, 0.717) is 12.5 Å². The summed E-state index contributed by atoms with van der Waals surface area (Å²) in [7, 11) is 0. The van der Waals surface area contributed by atoms with Gasteiger partial charge in [0.15, 0.2) is 5.78 Å². The van der Waals surface area contributed by atoms with Gasteiger partial charge in [-0.15, -0.1) is 0 Å². The summed E-state index contributed by atoms with van der Waals surface area (Å²) in [6.07, 6.45) is 2.97. The van der Waals surface area contributed by atoms with Crippen LogP contribution in [0.1, 0.15) is 42.6 Å².